The molecule has 1 aromatic heterocycles. The van der Waals surface area contributed by atoms with E-state index in [1.165, 1.54) is 56.3 Å². The van der Waals surface area contributed by atoms with Crippen LogP contribution in [0.15, 0.2) is 49.1 Å². The summed E-state index contributed by atoms with van der Waals surface area (Å²) in [5, 5.41) is 0.744. The summed E-state index contributed by atoms with van der Waals surface area (Å²) >= 11 is 2.25. The molecule has 2 aromatic rings. The van der Waals surface area contributed by atoms with Gasteiger partial charge in [0.25, 0.3) is 0 Å². The highest BCUT2D eigenvalue weighted by Gasteiger charge is 2.54. The number of thioether (sulfide) groups is 1. The van der Waals surface area contributed by atoms with Gasteiger partial charge in [-0.15, -0.1) is 0 Å². The van der Waals surface area contributed by atoms with Crippen LogP contribution < -0.4 is 0 Å². The number of aryl methyl sites for hydroxylation is 1. The molecule has 0 aliphatic heterocycles. The molecule has 6 rings (SSSR count). The fourth-order valence-electron chi connectivity index (χ4n) is 6.55. The van der Waals surface area contributed by atoms with E-state index >= 15 is 0 Å². The molecule has 1 unspecified atom stereocenters. The first kappa shape index (κ1) is 16.9. The van der Waals surface area contributed by atoms with Crippen molar-refractivity contribution >= 4 is 11.8 Å². The lowest BCUT2D eigenvalue weighted by molar-refractivity contribution is -0.0553. The molecule has 4 aliphatic rings. The van der Waals surface area contributed by atoms with Crippen molar-refractivity contribution < 1.29 is 0 Å². The zero-order chi connectivity index (χ0) is 17.4. The highest BCUT2D eigenvalue weighted by atomic mass is 32.2. The molecule has 1 heterocycles. The van der Waals surface area contributed by atoms with Crippen LogP contribution in [0.2, 0.25) is 0 Å². The van der Waals surface area contributed by atoms with Crippen LogP contribution in [0.5, 0.6) is 0 Å². The summed E-state index contributed by atoms with van der Waals surface area (Å²) in [4.78, 5) is 4.30. The lowest BCUT2D eigenvalue weighted by atomic mass is 9.48. The van der Waals surface area contributed by atoms with Crippen LogP contribution >= 0.6 is 11.8 Å². The molecule has 0 N–H and O–H groups in total. The van der Waals surface area contributed by atoms with Crippen LogP contribution in [0.25, 0.3) is 0 Å². The van der Waals surface area contributed by atoms with Crippen molar-refractivity contribution in [1.29, 1.82) is 0 Å². The summed E-state index contributed by atoms with van der Waals surface area (Å²) in [5.41, 5.74) is 2.08. The zero-order valence-electron chi connectivity index (χ0n) is 15.6. The molecule has 26 heavy (non-hydrogen) atoms. The number of benzene rings is 1. The van der Waals surface area contributed by atoms with Crippen molar-refractivity contribution in [1.82, 2.24) is 9.55 Å². The maximum absolute atomic E-state index is 4.30. The minimum atomic E-state index is 0.598. The van der Waals surface area contributed by atoms with Crippen molar-refractivity contribution in [3.8, 4) is 0 Å². The molecule has 0 amide bonds. The smallest absolute Gasteiger partial charge is 0.0946 e. The van der Waals surface area contributed by atoms with Gasteiger partial charge in [-0.3, -0.25) is 0 Å². The van der Waals surface area contributed by atoms with Crippen LogP contribution in [0.3, 0.4) is 0 Å². The Morgan fingerprint density at radius 3 is 2.35 bits per heavy atom. The Hall–Kier alpha value is -1.22. The first-order valence-corrected chi connectivity index (χ1v) is 11.5. The molecule has 4 saturated carbocycles. The van der Waals surface area contributed by atoms with Gasteiger partial charge in [0, 0.05) is 24.2 Å². The molecule has 0 radical (unpaired) electrons. The molecule has 4 aliphatic carbocycles. The molecule has 0 saturated heterocycles. The highest BCUT2D eigenvalue weighted by Crippen LogP contribution is 2.63. The quantitative estimate of drug-likeness (QED) is 0.649. The zero-order valence-corrected chi connectivity index (χ0v) is 16.4. The van der Waals surface area contributed by atoms with E-state index in [-0.39, 0.29) is 0 Å². The minimum Gasteiger partial charge on any atom is -0.336 e. The number of aromatic nitrogens is 2. The highest BCUT2D eigenvalue weighted by molar-refractivity contribution is 7.99. The summed E-state index contributed by atoms with van der Waals surface area (Å²) in [6.45, 7) is 1.14. The first-order valence-electron chi connectivity index (χ1n) is 10.4. The van der Waals surface area contributed by atoms with Gasteiger partial charge >= 0.3 is 0 Å². The van der Waals surface area contributed by atoms with Crippen molar-refractivity contribution in [2.45, 2.75) is 56.7 Å². The fourth-order valence-corrected chi connectivity index (χ4v) is 8.10. The van der Waals surface area contributed by atoms with Gasteiger partial charge in [0.2, 0.25) is 0 Å². The topological polar surface area (TPSA) is 17.8 Å². The summed E-state index contributed by atoms with van der Waals surface area (Å²) in [6.07, 6.45) is 16.4. The van der Waals surface area contributed by atoms with E-state index < -0.39 is 0 Å². The summed E-state index contributed by atoms with van der Waals surface area (Å²) < 4.78 is 2.33. The van der Waals surface area contributed by atoms with E-state index in [1.54, 1.807) is 0 Å². The number of nitrogens with zero attached hydrogens (tertiary/aromatic N) is 2. The maximum atomic E-state index is 4.30. The Morgan fingerprint density at radius 1 is 1.04 bits per heavy atom. The Balaban J connectivity index is 1.32. The molecule has 1 atom stereocenters. The van der Waals surface area contributed by atoms with Crippen molar-refractivity contribution in [2.75, 3.05) is 5.75 Å². The van der Waals surface area contributed by atoms with Gasteiger partial charge in [-0.05, 0) is 79.4 Å². The van der Waals surface area contributed by atoms with Crippen LogP contribution in [0, 0.1) is 23.2 Å². The lowest BCUT2D eigenvalue weighted by Gasteiger charge is -2.59. The third kappa shape index (κ3) is 3.35. The normalized spacial score (nSPS) is 33.5. The maximum Gasteiger partial charge on any atom is 0.0946 e. The molecule has 2 nitrogen and oxygen atoms in total. The van der Waals surface area contributed by atoms with E-state index in [1.807, 2.05) is 12.5 Å². The minimum absolute atomic E-state index is 0.598. The third-order valence-corrected chi connectivity index (χ3v) is 8.75. The molecule has 3 heteroatoms. The Labute approximate surface area is 161 Å². The van der Waals surface area contributed by atoms with E-state index in [0.717, 1.165) is 29.5 Å². The second-order valence-electron chi connectivity index (χ2n) is 9.13. The monoisotopic (exact) mass is 366 g/mol. The van der Waals surface area contributed by atoms with Gasteiger partial charge in [0.15, 0.2) is 0 Å². The third-order valence-electron chi connectivity index (χ3n) is 7.26. The molecule has 138 valence electrons. The van der Waals surface area contributed by atoms with Crippen LogP contribution in [-0.2, 0) is 13.0 Å². The number of hydrogen-bond acceptors (Lipinski definition) is 2. The largest absolute Gasteiger partial charge is 0.336 e. The van der Waals surface area contributed by atoms with Gasteiger partial charge in [0.1, 0.15) is 0 Å². The molecule has 4 fully saturated rings. The van der Waals surface area contributed by atoms with Crippen molar-refractivity contribution in [3.05, 3.63) is 54.6 Å². The van der Waals surface area contributed by atoms with Gasteiger partial charge in [-0.2, -0.15) is 11.8 Å². The fraction of sp³-hybridized carbons (Fsp3) is 0.609. The molecular weight excluding hydrogens is 336 g/mol. The van der Waals surface area contributed by atoms with E-state index in [4.69, 9.17) is 0 Å². The number of hydrogen-bond donors (Lipinski definition) is 0. The van der Waals surface area contributed by atoms with Crippen LogP contribution in [0.1, 0.15) is 44.1 Å². The van der Waals surface area contributed by atoms with Crippen LogP contribution in [-0.4, -0.2) is 20.6 Å². The predicted molar refractivity (Wildman–Crippen MR) is 109 cm³/mol. The van der Waals surface area contributed by atoms with E-state index in [2.05, 4.69) is 57.8 Å². The van der Waals surface area contributed by atoms with Crippen molar-refractivity contribution in [2.24, 2.45) is 23.2 Å². The molecule has 4 bridgehead atoms. The lowest BCUT2D eigenvalue weighted by Crippen LogP contribution is -2.51. The molecule has 0 spiro atoms. The molecule has 1 aromatic carbocycles. The SMILES string of the molecule is c1ccc(CCSC(Cn2ccnc2)C23CC4CC(CC(C4)C2)C3)cc1. The number of imidazole rings is 1. The van der Waals surface area contributed by atoms with Gasteiger partial charge in [-0.1, -0.05) is 30.3 Å². The van der Waals surface area contributed by atoms with Gasteiger partial charge in [0.05, 0.1) is 6.33 Å². The van der Waals surface area contributed by atoms with Crippen LogP contribution in [0.4, 0.5) is 0 Å². The van der Waals surface area contributed by atoms with Gasteiger partial charge < -0.3 is 4.57 Å². The molecular formula is C23H30N2S. The predicted octanol–water partition coefficient (Wildman–Crippen LogP) is 5.44. The standard InChI is InChI=1S/C23H30N2S/c1-2-4-18(5-3-1)6-9-26-22(16-25-8-7-24-17-25)23-13-19-10-20(14-23)12-21(11-19)15-23/h1-5,7-8,17,19-22H,6,9-16H2. The van der Waals surface area contributed by atoms with E-state index in [0.29, 0.717) is 5.41 Å². The Morgan fingerprint density at radius 2 is 1.73 bits per heavy atom. The summed E-state index contributed by atoms with van der Waals surface area (Å²) in [7, 11) is 0. The van der Waals surface area contributed by atoms with Gasteiger partial charge in [-0.25, -0.2) is 4.98 Å². The average Bonchev–Trinajstić information content (AvgIpc) is 3.14. The summed E-state index contributed by atoms with van der Waals surface area (Å²) in [6, 6.07) is 11.0. The van der Waals surface area contributed by atoms with E-state index in [9.17, 15) is 0 Å². The summed E-state index contributed by atoms with van der Waals surface area (Å²) in [5.74, 6) is 4.33. The average molecular weight is 367 g/mol. The second-order valence-corrected chi connectivity index (χ2v) is 10.4. The van der Waals surface area contributed by atoms with Crippen molar-refractivity contribution in [3.63, 3.8) is 0 Å². The Kier molecular flexibility index (Phi) is 4.60. The second kappa shape index (κ2) is 7.07. The first-order chi connectivity index (χ1) is 12.8. The Bertz CT molecular complexity index is 674. The number of rotatable bonds is 7.